The number of pyridine rings is 1. The Balaban J connectivity index is 1.57. The Morgan fingerprint density at radius 3 is 2.67 bits per heavy atom. The standard InChI is InChI=1S/C18H15ClN2O2S/c19-12-5-7-13(8-6-12)21-18(23)11-24-10-14-9-17(22)15-3-1-2-4-16(15)20-14/h1-9H,10-11H2,(H,20,22)(H,21,23). The van der Waals surface area contributed by atoms with Crippen LogP contribution in [0.5, 0.6) is 0 Å². The fourth-order valence-corrected chi connectivity index (χ4v) is 3.17. The summed E-state index contributed by atoms with van der Waals surface area (Å²) < 4.78 is 0. The first-order valence-electron chi connectivity index (χ1n) is 7.36. The molecule has 24 heavy (non-hydrogen) atoms. The molecule has 0 saturated carbocycles. The fourth-order valence-electron chi connectivity index (χ4n) is 2.31. The summed E-state index contributed by atoms with van der Waals surface area (Å²) in [6, 6.07) is 15.9. The van der Waals surface area contributed by atoms with Crippen molar-refractivity contribution in [2.75, 3.05) is 11.1 Å². The van der Waals surface area contributed by atoms with Crippen molar-refractivity contribution >= 4 is 45.9 Å². The van der Waals surface area contributed by atoms with Crippen LogP contribution in [0.3, 0.4) is 0 Å². The maximum Gasteiger partial charge on any atom is 0.234 e. The van der Waals surface area contributed by atoms with Crippen molar-refractivity contribution in [3.05, 3.63) is 75.5 Å². The van der Waals surface area contributed by atoms with Gasteiger partial charge in [-0.15, -0.1) is 11.8 Å². The van der Waals surface area contributed by atoms with E-state index in [0.29, 0.717) is 27.6 Å². The zero-order valence-electron chi connectivity index (χ0n) is 12.7. The third-order valence-electron chi connectivity index (χ3n) is 3.41. The molecule has 0 fully saturated rings. The lowest BCUT2D eigenvalue weighted by molar-refractivity contribution is -0.113. The smallest absolute Gasteiger partial charge is 0.234 e. The van der Waals surface area contributed by atoms with E-state index in [4.69, 9.17) is 11.6 Å². The largest absolute Gasteiger partial charge is 0.357 e. The molecule has 6 heteroatoms. The number of hydrogen-bond acceptors (Lipinski definition) is 3. The normalized spacial score (nSPS) is 10.7. The molecule has 0 aliphatic rings. The third-order valence-corrected chi connectivity index (χ3v) is 4.65. The zero-order valence-corrected chi connectivity index (χ0v) is 14.3. The Bertz CT molecular complexity index is 922. The number of para-hydroxylation sites is 1. The second kappa shape index (κ2) is 7.55. The predicted molar refractivity (Wildman–Crippen MR) is 101 cm³/mol. The van der Waals surface area contributed by atoms with Crippen LogP contribution in [0.25, 0.3) is 10.9 Å². The summed E-state index contributed by atoms with van der Waals surface area (Å²) in [6.45, 7) is 0. The average Bonchev–Trinajstić information content (AvgIpc) is 2.57. The van der Waals surface area contributed by atoms with Gasteiger partial charge in [-0.3, -0.25) is 9.59 Å². The number of nitrogens with one attached hydrogen (secondary N) is 2. The summed E-state index contributed by atoms with van der Waals surface area (Å²) in [5, 5.41) is 4.11. The van der Waals surface area contributed by atoms with Crippen molar-refractivity contribution < 1.29 is 4.79 Å². The van der Waals surface area contributed by atoms with Gasteiger partial charge in [-0.1, -0.05) is 23.7 Å². The van der Waals surface area contributed by atoms with Crippen molar-refractivity contribution in [1.29, 1.82) is 0 Å². The second-order valence-corrected chi connectivity index (χ2v) is 6.67. The van der Waals surface area contributed by atoms with E-state index in [2.05, 4.69) is 10.3 Å². The van der Waals surface area contributed by atoms with E-state index in [-0.39, 0.29) is 11.3 Å². The van der Waals surface area contributed by atoms with Gasteiger partial charge in [0.15, 0.2) is 5.43 Å². The van der Waals surface area contributed by atoms with Crippen LogP contribution in [0.15, 0.2) is 59.4 Å². The molecule has 2 aromatic carbocycles. The van der Waals surface area contributed by atoms with E-state index in [0.717, 1.165) is 11.2 Å². The van der Waals surface area contributed by atoms with Gasteiger partial charge in [0, 0.05) is 39.1 Å². The Labute approximate surface area is 148 Å². The predicted octanol–water partition coefficient (Wildman–Crippen LogP) is 4.05. The lowest BCUT2D eigenvalue weighted by Crippen LogP contribution is -2.14. The number of fused-ring (bicyclic) bond motifs is 1. The molecule has 0 aliphatic carbocycles. The van der Waals surface area contributed by atoms with E-state index in [1.165, 1.54) is 11.8 Å². The van der Waals surface area contributed by atoms with Crippen LogP contribution in [0.2, 0.25) is 5.02 Å². The number of carbonyl (C=O) groups is 1. The minimum Gasteiger partial charge on any atom is -0.357 e. The maximum atomic E-state index is 12.0. The highest BCUT2D eigenvalue weighted by Crippen LogP contribution is 2.15. The van der Waals surface area contributed by atoms with E-state index >= 15 is 0 Å². The minimum atomic E-state index is -0.0922. The van der Waals surface area contributed by atoms with E-state index < -0.39 is 0 Å². The number of halogens is 1. The molecule has 0 saturated heterocycles. The van der Waals surface area contributed by atoms with Crippen LogP contribution in [-0.2, 0) is 10.5 Å². The Hall–Kier alpha value is -2.24. The topological polar surface area (TPSA) is 62.0 Å². The van der Waals surface area contributed by atoms with E-state index in [1.807, 2.05) is 18.2 Å². The number of carbonyl (C=O) groups excluding carboxylic acids is 1. The molecule has 0 bridgehead atoms. The number of hydrogen-bond donors (Lipinski definition) is 2. The lowest BCUT2D eigenvalue weighted by atomic mass is 10.2. The van der Waals surface area contributed by atoms with Crippen LogP contribution >= 0.6 is 23.4 Å². The van der Waals surface area contributed by atoms with Crippen molar-refractivity contribution in [2.45, 2.75) is 5.75 Å². The first kappa shape index (κ1) is 16.6. The molecule has 0 unspecified atom stereocenters. The van der Waals surface area contributed by atoms with Crippen molar-refractivity contribution in [1.82, 2.24) is 4.98 Å². The Morgan fingerprint density at radius 1 is 1.12 bits per heavy atom. The first-order valence-corrected chi connectivity index (χ1v) is 8.89. The molecule has 0 spiro atoms. The van der Waals surface area contributed by atoms with Crippen LogP contribution in [0.4, 0.5) is 5.69 Å². The Kier molecular flexibility index (Phi) is 5.23. The molecule has 1 heterocycles. The summed E-state index contributed by atoms with van der Waals surface area (Å²) in [5.74, 6) is 0.774. The van der Waals surface area contributed by atoms with Crippen LogP contribution in [0.1, 0.15) is 5.69 Å². The molecule has 0 atom stereocenters. The second-order valence-electron chi connectivity index (χ2n) is 5.25. The highest BCUT2D eigenvalue weighted by molar-refractivity contribution is 7.99. The van der Waals surface area contributed by atoms with E-state index in [1.54, 1.807) is 36.4 Å². The van der Waals surface area contributed by atoms with Gasteiger partial charge in [0.1, 0.15) is 0 Å². The van der Waals surface area contributed by atoms with Crippen molar-refractivity contribution in [3.8, 4) is 0 Å². The average molecular weight is 359 g/mol. The quantitative estimate of drug-likeness (QED) is 0.723. The molecule has 3 rings (SSSR count). The Morgan fingerprint density at radius 2 is 1.88 bits per heavy atom. The zero-order chi connectivity index (χ0) is 16.9. The van der Waals surface area contributed by atoms with Crippen molar-refractivity contribution in [2.24, 2.45) is 0 Å². The maximum absolute atomic E-state index is 12.0. The number of aromatic amines is 1. The molecule has 122 valence electrons. The molecule has 0 aliphatic heterocycles. The third kappa shape index (κ3) is 4.19. The molecule has 2 N–H and O–H groups in total. The molecular formula is C18H15ClN2O2S. The van der Waals surface area contributed by atoms with Gasteiger partial charge in [-0.2, -0.15) is 0 Å². The monoisotopic (exact) mass is 358 g/mol. The minimum absolute atomic E-state index is 0.00874. The summed E-state index contributed by atoms with van der Waals surface area (Å²) in [7, 11) is 0. The highest BCUT2D eigenvalue weighted by Gasteiger charge is 2.05. The van der Waals surface area contributed by atoms with Crippen LogP contribution < -0.4 is 10.7 Å². The highest BCUT2D eigenvalue weighted by atomic mass is 35.5. The van der Waals surface area contributed by atoms with Gasteiger partial charge in [0.25, 0.3) is 0 Å². The number of H-pyrrole nitrogens is 1. The molecule has 0 radical (unpaired) electrons. The SMILES string of the molecule is O=C(CSCc1cc(=O)c2ccccc2[nH]1)Nc1ccc(Cl)cc1. The fraction of sp³-hybridized carbons (Fsp3) is 0.111. The van der Waals surface area contributed by atoms with Crippen LogP contribution in [-0.4, -0.2) is 16.6 Å². The van der Waals surface area contributed by atoms with Gasteiger partial charge in [0.05, 0.1) is 5.75 Å². The lowest BCUT2D eigenvalue weighted by Gasteiger charge is -2.06. The molecule has 1 aromatic heterocycles. The first-order chi connectivity index (χ1) is 11.6. The van der Waals surface area contributed by atoms with Crippen molar-refractivity contribution in [3.63, 3.8) is 0 Å². The number of amides is 1. The number of aromatic nitrogens is 1. The number of thioether (sulfide) groups is 1. The van der Waals surface area contributed by atoms with Gasteiger partial charge in [0.2, 0.25) is 5.91 Å². The summed E-state index contributed by atoms with van der Waals surface area (Å²) in [5.41, 5.74) is 2.32. The van der Waals surface area contributed by atoms with Crippen LogP contribution in [0, 0.1) is 0 Å². The molecular weight excluding hydrogens is 344 g/mol. The number of anilines is 1. The van der Waals surface area contributed by atoms with Gasteiger partial charge >= 0.3 is 0 Å². The summed E-state index contributed by atoms with van der Waals surface area (Å²) >= 11 is 7.25. The number of benzene rings is 2. The summed E-state index contributed by atoms with van der Waals surface area (Å²) in [6.07, 6.45) is 0. The van der Waals surface area contributed by atoms with Gasteiger partial charge in [-0.25, -0.2) is 0 Å². The molecule has 3 aromatic rings. The molecule has 4 nitrogen and oxygen atoms in total. The van der Waals surface area contributed by atoms with Gasteiger partial charge in [-0.05, 0) is 36.4 Å². The molecule has 1 amide bonds. The number of rotatable bonds is 5. The summed E-state index contributed by atoms with van der Waals surface area (Å²) in [4.78, 5) is 27.2. The van der Waals surface area contributed by atoms with Gasteiger partial charge < -0.3 is 10.3 Å². The van der Waals surface area contributed by atoms with E-state index in [9.17, 15) is 9.59 Å².